The second-order valence-corrected chi connectivity index (χ2v) is 11.4. The van der Waals surface area contributed by atoms with Crippen molar-refractivity contribution in [1.82, 2.24) is 4.72 Å². The van der Waals surface area contributed by atoms with E-state index in [-0.39, 0.29) is 20.2 Å². The fourth-order valence-electron chi connectivity index (χ4n) is 2.70. The molecule has 5 nitrogen and oxygen atoms in total. The number of sulfone groups is 1. The van der Waals surface area contributed by atoms with E-state index in [0.717, 1.165) is 35.6 Å². The average molecular weight is 458 g/mol. The first kappa shape index (κ1) is 21.6. The number of benzene rings is 2. The molecule has 2 aromatic carbocycles. The number of rotatable bonds is 7. The van der Waals surface area contributed by atoms with Gasteiger partial charge >= 0.3 is 0 Å². The lowest BCUT2D eigenvalue weighted by atomic mass is 10.1. The molecule has 0 fully saturated rings. The monoisotopic (exact) mass is 457 g/mol. The summed E-state index contributed by atoms with van der Waals surface area (Å²) < 4.78 is 80.5. The summed E-state index contributed by atoms with van der Waals surface area (Å²) in [6, 6.07) is 11.1. The van der Waals surface area contributed by atoms with Gasteiger partial charge in [-0.25, -0.2) is 30.3 Å². The van der Waals surface area contributed by atoms with Crippen molar-refractivity contribution < 1.29 is 25.6 Å². The zero-order valence-corrected chi connectivity index (χ0v) is 17.6. The van der Waals surface area contributed by atoms with Crippen LogP contribution in [0.3, 0.4) is 0 Å². The van der Waals surface area contributed by atoms with Gasteiger partial charge in [-0.3, -0.25) is 0 Å². The Morgan fingerprint density at radius 3 is 2.28 bits per heavy atom. The first-order valence-electron chi connectivity index (χ1n) is 8.40. The van der Waals surface area contributed by atoms with E-state index < -0.39 is 43.3 Å². The molecule has 1 atom stereocenters. The molecule has 1 heterocycles. The Morgan fingerprint density at radius 2 is 1.69 bits per heavy atom. The number of halogens is 2. The molecule has 154 valence electrons. The van der Waals surface area contributed by atoms with Crippen molar-refractivity contribution >= 4 is 31.2 Å². The molecule has 0 aliphatic carbocycles. The highest BCUT2D eigenvalue weighted by atomic mass is 32.2. The van der Waals surface area contributed by atoms with Gasteiger partial charge < -0.3 is 0 Å². The maximum atomic E-state index is 13.4. The highest BCUT2D eigenvalue weighted by Crippen LogP contribution is 2.31. The Hall–Kier alpha value is -2.14. The Kier molecular flexibility index (Phi) is 6.18. The van der Waals surface area contributed by atoms with Crippen LogP contribution < -0.4 is 4.72 Å². The van der Waals surface area contributed by atoms with E-state index in [1.54, 1.807) is 11.4 Å². The smallest absolute Gasteiger partial charge is 0.222 e. The van der Waals surface area contributed by atoms with Gasteiger partial charge in [-0.1, -0.05) is 18.2 Å². The van der Waals surface area contributed by atoms with Crippen LogP contribution in [0.4, 0.5) is 8.78 Å². The number of hydrogen-bond acceptors (Lipinski definition) is 5. The van der Waals surface area contributed by atoms with E-state index in [4.69, 9.17) is 0 Å². The van der Waals surface area contributed by atoms with Crippen LogP contribution in [0.1, 0.15) is 16.4 Å². The van der Waals surface area contributed by atoms with Crippen LogP contribution in [0.15, 0.2) is 69.1 Å². The van der Waals surface area contributed by atoms with Crippen LogP contribution in [0, 0.1) is 18.6 Å². The molecular formula is C19H17F2NO4S3. The van der Waals surface area contributed by atoms with E-state index in [9.17, 15) is 25.6 Å². The van der Waals surface area contributed by atoms with Crippen LogP contribution in [-0.4, -0.2) is 23.4 Å². The van der Waals surface area contributed by atoms with Gasteiger partial charge in [0, 0.05) is 6.54 Å². The maximum absolute atomic E-state index is 13.4. The molecule has 3 aromatic rings. The van der Waals surface area contributed by atoms with Gasteiger partial charge in [0.05, 0.1) is 4.90 Å². The van der Waals surface area contributed by atoms with E-state index >= 15 is 0 Å². The summed E-state index contributed by atoms with van der Waals surface area (Å²) >= 11 is 1.01. The first-order valence-corrected chi connectivity index (χ1v) is 12.3. The normalized spacial score (nSPS) is 13.3. The second-order valence-electron chi connectivity index (χ2n) is 6.28. The highest BCUT2D eigenvalue weighted by molar-refractivity contribution is 7.93. The summed E-state index contributed by atoms with van der Waals surface area (Å²) in [5.74, 6) is -1.09. The van der Waals surface area contributed by atoms with Crippen molar-refractivity contribution in [2.45, 2.75) is 21.3 Å². The van der Waals surface area contributed by atoms with E-state index in [0.29, 0.717) is 0 Å². The molecule has 0 saturated carbocycles. The Balaban J connectivity index is 1.95. The van der Waals surface area contributed by atoms with Gasteiger partial charge in [-0.2, -0.15) is 0 Å². The number of hydrogen-bond donors (Lipinski definition) is 1. The molecule has 3 rings (SSSR count). The molecule has 10 heteroatoms. The number of aryl methyl sites for hydroxylation is 1. The SMILES string of the molecule is Cc1cc(S(=O)(=O)NC[C@H](c2ccc(F)cc2)S(=O)(=O)c2cccs2)ccc1F. The number of sulfonamides is 1. The fourth-order valence-corrected chi connectivity index (χ4v) is 6.81. The van der Waals surface area contributed by atoms with E-state index in [1.807, 2.05) is 0 Å². The topological polar surface area (TPSA) is 80.3 Å². The Morgan fingerprint density at radius 1 is 1.00 bits per heavy atom. The number of thiophene rings is 1. The molecule has 0 aliphatic rings. The minimum absolute atomic E-state index is 0.0728. The van der Waals surface area contributed by atoms with E-state index in [1.165, 1.54) is 31.2 Å². The van der Waals surface area contributed by atoms with Crippen LogP contribution in [0.25, 0.3) is 0 Å². The van der Waals surface area contributed by atoms with Crippen molar-refractivity contribution in [1.29, 1.82) is 0 Å². The fraction of sp³-hybridized carbons (Fsp3) is 0.158. The largest absolute Gasteiger partial charge is 0.240 e. The zero-order chi connectivity index (χ0) is 21.2. The third kappa shape index (κ3) is 4.72. The van der Waals surface area contributed by atoms with Crippen LogP contribution >= 0.6 is 11.3 Å². The molecule has 1 aromatic heterocycles. The summed E-state index contributed by atoms with van der Waals surface area (Å²) in [6.45, 7) is 0.960. The Bertz CT molecular complexity index is 1210. The van der Waals surface area contributed by atoms with Crippen molar-refractivity contribution in [3.8, 4) is 0 Å². The van der Waals surface area contributed by atoms with Gasteiger partial charge in [0.25, 0.3) is 0 Å². The maximum Gasteiger partial charge on any atom is 0.240 e. The Labute approximate surface area is 172 Å². The van der Waals surface area contributed by atoms with Gasteiger partial charge in [-0.15, -0.1) is 11.3 Å². The van der Waals surface area contributed by atoms with Crippen molar-refractivity contribution in [2.24, 2.45) is 0 Å². The van der Waals surface area contributed by atoms with Crippen LogP contribution in [-0.2, 0) is 19.9 Å². The summed E-state index contributed by atoms with van der Waals surface area (Å²) in [5, 5.41) is 0.332. The number of nitrogens with one attached hydrogen (secondary N) is 1. The molecule has 0 saturated heterocycles. The molecule has 1 N–H and O–H groups in total. The second kappa shape index (κ2) is 8.31. The van der Waals surface area contributed by atoms with Gasteiger partial charge in [0.1, 0.15) is 21.1 Å². The quantitative estimate of drug-likeness (QED) is 0.585. The summed E-state index contributed by atoms with van der Waals surface area (Å²) in [5.41, 5.74) is 0.395. The van der Waals surface area contributed by atoms with Crippen molar-refractivity contribution in [3.05, 3.63) is 82.7 Å². The molecule has 0 amide bonds. The predicted molar refractivity (Wildman–Crippen MR) is 107 cm³/mol. The molecule has 0 unspecified atom stereocenters. The van der Waals surface area contributed by atoms with Crippen molar-refractivity contribution in [3.63, 3.8) is 0 Å². The first-order chi connectivity index (χ1) is 13.6. The van der Waals surface area contributed by atoms with Crippen LogP contribution in [0.2, 0.25) is 0 Å². The summed E-state index contributed by atoms with van der Waals surface area (Å²) in [6.07, 6.45) is 0. The molecule has 0 bridgehead atoms. The molecule has 0 radical (unpaired) electrons. The lowest BCUT2D eigenvalue weighted by Gasteiger charge is -2.18. The van der Waals surface area contributed by atoms with E-state index in [2.05, 4.69) is 4.72 Å². The molecule has 0 aliphatic heterocycles. The predicted octanol–water partition coefficient (Wildman–Crippen LogP) is 3.83. The van der Waals surface area contributed by atoms with Crippen molar-refractivity contribution in [2.75, 3.05) is 6.54 Å². The van der Waals surface area contributed by atoms with Gasteiger partial charge in [-0.05, 0) is 59.8 Å². The van der Waals surface area contributed by atoms with Gasteiger partial charge in [0.2, 0.25) is 10.0 Å². The minimum atomic E-state index is -4.09. The summed E-state index contributed by atoms with van der Waals surface area (Å²) in [7, 11) is -8.03. The average Bonchev–Trinajstić information content (AvgIpc) is 3.21. The standard InChI is InChI=1S/C19H17F2NO4S3/c1-13-11-16(8-9-17(13)21)29(25,26)22-12-18(14-4-6-15(20)7-5-14)28(23,24)19-3-2-10-27-19/h2-11,18,22H,12H2,1H3/t18-/m1/s1. The molecule has 29 heavy (non-hydrogen) atoms. The third-order valence-corrected chi connectivity index (χ3v) is 9.24. The highest BCUT2D eigenvalue weighted by Gasteiger charge is 2.31. The van der Waals surface area contributed by atoms with Crippen LogP contribution in [0.5, 0.6) is 0 Å². The molecular weight excluding hydrogens is 440 g/mol. The third-order valence-electron chi connectivity index (χ3n) is 4.29. The lowest BCUT2D eigenvalue weighted by molar-refractivity contribution is 0.568. The van der Waals surface area contributed by atoms with Gasteiger partial charge in [0.15, 0.2) is 9.84 Å². The minimum Gasteiger partial charge on any atom is -0.222 e. The lowest BCUT2D eigenvalue weighted by Crippen LogP contribution is -2.32. The summed E-state index contributed by atoms with van der Waals surface area (Å²) in [4.78, 5) is -0.178. The molecule has 0 spiro atoms. The zero-order valence-electron chi connectivity index (χ0n) is 15.2.